The van der Waals surface area contributed by atoms with E-state index in [0.717, 1.165) is 17.9 Å². The maximum atomic E-state index is 13.1. The first-order valence-electron chi connectivity index (χ1n) is 9.73. The minimum absolute atomic E-state index is 0.0843. The molecule has 4 heteroatoms. The van der Waals surface area contributed by atoms with Gasteiger partial charge in [-0.15, -0.1) is 0 Å². The van der Waals surface area contributed by atoms with E-state index in [1.54, 1.807) is 11.1 Å². The highest BCUT2D eigenvalue weighted by Gasteiger charge is 2.19. The molecule has 0 unspecified atom stereocenters. The molecule has 3 aromatic rings. The third-order valence-corrected chi connectivity index (χ3v) is 4.74. The monoisotopic (exact) mass is 373 g/mol. The summed E-state index contributed by atoms with van der Waals surface area (Å²) in [7, 11) is 0. The van der Waals surface area contributed by atoms with Crippen LogP contribution in [0.5, 0.6) is 0 Å². The molecule has 28 heavy (non-hydrogen) atoms. The smallest absolute Gasteiger partial charge is 0.276 e. The molecule has 0 fully saturated rings. The zero-order chi connectivity index (χ0) is 19.9. The van der Waals surface area contributed by atoms with Crippen LogP contribution in [-0.4, -0.2) is 23.5 Å². The van der Waals surface area contributed by atoms with E-state index in [1.807, 2.05) is 67.6 Å². The summed E-state index contributed by atoms with van der Waals surface area (Å²) in [5.41, 5.74) is 3.58. The van der Waals surface area contributed by atoms with E-state index >= 15 is 0 Å². The molecule has 0 spiro atoms. The van der Waals surface area contributed by atoms with Crippen LogP contribution in [0, 0.1) is 0 Å². The van der Waals surface area contributed by atoms with E-state index in [1.165, 1.54) is 5.56 Å². The molecule has 0 N–H and O–H groups in total. The number of para-hydroxylation sites is 1. The van der Waals surface area contributed by atoms with E-state index in [0.29, 0.717) is 18.3 Å². The summed E-state index contributed by atoms with van der Waals surface area (Å²) in [5.74, 6) is -0.0843. The number of rotatable bonds is 7. The average molecular weight is 374 g/mol. The highest BCUT2D eigenvalue weighted by atomic mass is 16.2. The van der Waals surface area contributed by atoms with E-state index in [9.17, 15) is 4.79 Å². The molecule has 1 amide bonds. The first-order chi connectivity index (χ1) is 13.6. The van der Waals surface area contributed by atoms with Crippen molar-refractivity contribution in [1.29, 1.82) is 0 Å². The van der Waals surface area contributed by atoms with E-state index in [2.05, 4.69) is 35.9 Å². The Kier molecular flexibility index (Phi) is 6.43. The molecule has 0 saturated carbocycles. The lowest BCUT2D eigenvalue weighted by molar-refractivity contribution is 0.0983. The average Bonchev–Trinajstić information content (AvgIpc) is 2.74. The SMILES string of the molecule is CCN(C(=O)c1cc(N(Cc2ccccc2)C(C)C)ccn1)c1ccccc1. The van der Waals surface area contributed by atoms with Gasteiger partial charge in [0.2, 0.25) is 0 Å². The first kappa shape index (κ1) is 19.6. The van der Waals surface area contributed by atoms with Crippen molar-refractivity contribution in [1.82, 2.24) is 4.98 Å². The molecule has 0 bridgehead atoms. The van der Waals surface area contributed by atoms with Crippen LogP contribution in [0.3, 0.4) is 0 Å². The number of carbonyl (C=O) groups is 1. The molecule has 0 aliphatic rings. The van der Waals surface area contributed by atoms with Crippen molar-refractivity contribution >= 4 is 17.3 Å². The lowest BCUT2D eigenvalue weighted by Gasteiger charge is -2.29. The fourth-order valence-electron chi connectivity index (χ4n) is 3.26. The highest BCUT2D eigenvalue weighted by Crippen LogP contribution is 2.22. The number of anilines is 2. The van der Waals surface area contributed by atoms with Gasteiger partial charge in [0.1, 0.15) is 5.69 Å². The molecule has 0 saturated heterocycles. The predicted octanol–water partition coefficient (Wildman–Crippen LogP) is 5.16. The summed E-state index contributed by atoms with van der Waals surface area (Å²) < 4.78 is 0. The number of aromatic nitrogens is 1. The molecule has 144 valence electrons. The van der Waals surface area contributed by atoms with Crippen LogP contribution in [0.2, 0.25) is 0 Å². The maximum Gasteiger partial charge on any atom is 0.276 e. The van der Waals surface area contributed by atoms with E-state index in [-0.39, 0.29) is 5.91 Å². The number of amides is 1. The largest absolute Gasteiger partial charge is 0.365 e. The van der Waals surface area contributed by atoms with Crippen LogP contribution in [0.1, 0.15) is 36.8 Å². The van der Waals surface area contributed by atoms with Gasteiger partial charge in [0.05, 0.1) is 0 Å². The number of carbonyl (C=O) groups excluding carboxylic acids is 1. The van der Waals surface area contributed by atoms with Gasteiger partial charge >= 0.3 is 0 Å². The Morgan fingerprint density at radius 2 is 1.57 bits per heavy atom. The van der Waals surface area contributed by atoms with Crippen LogP contribution in [0.25, 0.3) is 0 Å². The van der Waals surface area contributed by atoms with Gasteiger partial charge in [0.25, 0.3) is 5.91 Å². The molecule has 2 aromatic carbocycles. The summed E-state index contributed by atoms with van der Waals surface area (Å²) >= 11 is 0. The molecule has 3 rings (SSSR count). The molecule has 1 heterocycles. The fourth-order valence-corrected chi connectivity index (χ4v) is 3.26. The number of hydrogen-bond donors (Lipinski definition) is 0. The Hall–Kier alpha value is -3.14. The topological polar surface area (TPSA) is 36.4 Å². The van der Waals surface area contributed by atoms with Gasteiger partial charge in [0.15, 0.2) is 0 Å². The van der Waals surface area contributed by atoms with Crippen molar-refractivity contribution in [3.63, 3.8) is 0 Å². The van der Waals surface area contributed by atoms with Crippen LogP contribution in [0.15, 0.2) is 79.0 Å². The summed E-state index contributed by atoms with van der Waals surface area (Å²) in [6.45, 7) is 7.67. The Balaban J connectivity index is 1.88. The summed E-state index contributed by atoms with van der Waals surface area (Å²) in [4.78, 5) is 21.5. The second-order valence-corrected chi connectivity index (χ2v) is 6.99. The fraction of sp³-hybridized carbons (Fsp3) is 0.250. The third kappa shape index (κ3) is 4.58. The van der Waals surface area contributed by atoms with Crippen molar-refractivity contribution in [2.24, 2.45) is 0 Å². The zero-order valence-corrected chi connectivity index (χ0v) is 16.7. The lowest BCUT2D eigenvalue weighted by Crippen LogP contribution is -2.33. The summed E-state index contributed by atoms with van der Waals surface area (Å²) in [6, 6.07) is 24.3. The molecule has 4 nitrogen and oxygen atoms in total. The normalized spacial score (nSPS) is 10.7. The highest BCUT2D eigenvalue weighted by molar-refractivity contribution is 6.05. The van der Waals surface area contributed by atoms with Crippen molar-refractivity contribution < 1.29 is 4.79 Å². The lowest BCUT2D eigenvalue weighted by atomic mass is 10.1. The van der Waals surface area contributed by atoms with Crippen molar-refractivity contribution in [2.45, 2.75) is 33.4 Å². The van der Waals surface area contributed by atoms with Crippen molar-refractivity contribution in [3.8, 4) is 0 Å². The van der Waals surface area contributed by atoms with E-state index in [4.69, 9.17) is 0 Å². The van der Waals surface area contributed by atoms with Gasteiger partial charge in [-0.2, -0.15) is 0 Å². The number of nitrogens with zero attached hydrogens (tertiary/aromatic N) is 3. The van der Waals surface area contributed by atoms with E-state index < -0.39 is 0 Å². The Labute approximate surface area is 167 Å². The first-order valence-corrected chi connectivity index (χ1v) is 9.73. The quantitative estimate of drug-likeness (QED) is 0.574. The Morgan fingerprint density at radius 1 is 0.929 bits per heavy atom. The molecule has 0 aliphatic heterocycles. The summed E-state index contributed by atoms with van der Waals surface area (Å²) in [6.07, 6.45) is 1.72. The maximum absolute atomic E-state index is 13.1. The zero-order valence-electron chi connectivity index (χ0n) is 16.7. The minimum Gasteiger partial charge on any atom is -0.365 e. The second kappa shape index (κ2) is 9.18. The molecule has 1 aromatic heterocycles. The number of pyridine rings is 1. The Morgan fingerprint density at radius 3 is 2.18 bits per heavy atom. The van der Waals surface area contributed by atoms with Crippen LogP contribution in [0.4, 0.5) is 11.4 Å². The molecule has 0 radical (unpaired) electrons. The molecule has 0 aliphatic carbocycles. The van der Waals surface area contributed by atoms with Gasteiger partial charge in [0, 0.05) is 36.7 Å². The van der Waals surface area contributed by atoms with Crippen LogP contribution in [-0.2, 0) is 6.54 Å². The minimum atomic E-state index is -0.0843. The molecular formula is C24H27N3O. The third-order valence-electron chi connectivity index (χ3n) is 4.74. The summed E-state index contributed by atoms with van der Waals surface area (Å²) in [5, 5.41) is 0. The standard InChI is InChI=1S/C24H27N3O/c1-4-26(21-13-9-6-10-14-21)24(28)23-17-22(15-16-25-23)27(19(2)3)18-20-11-7-5-8-12-20/h5-17,19H,4,18H2,1-3H3. The van der Waals surface area contributed by atoms with Gasteiger partial charge in [-0.3, -0.25) is 9.78 Å². The van der Waals surface area contributed by atoms with Crippen LogP contribution >= 0.6 is 0 Å². The van der Waals surface area contributed by atoms with Crippen molar-refractivity contribution in [3.05, 3.63) is 90.3 Å². The van der Waals surface area contributed by atoms with Gasteiger partial charge in [-0.25, -0.2) is 0 Å². The van der Waals surface area contributed by atoms with Gasteiger partial charge in [-0.1, -0.05) is 48.5 Å². The molecule has 0 atom stereocenters. The number of benzene rings is 2. The Bertz CT molecular complexity index is 894. The second-order valence-electron chi connectivity index (χ2n) is 6.99. The van der Waals surface area contributed by atoms with Crippen molar-refractivity contribution in [2.75, 3.05) is 16.3 Å². The van der Waals surface area contributed by atoms with Gasteiger partial charge < -0.3 is 9.80 Å². The number of hydrogen-bond acceptors (Lipinski definition) is 3. The van der Waals surface area contributed by atoms with Crippen LogP contribution < -0.4 is 9.80 Å². The van der Waals surface area contributed by atoms with Gasteiger partial charge in [-0.05, 0) is 50.6 Å². The predicted molar refractivity (Wildman–Crippen MR) is 116 cm³/mol. The molecular weight excluding hydrogens is 346 g/mol.